The number of nitrogens with two attached hydrogens (primary N) is 1. The second kappa shape index (κ2) is 6.23. The summed E-state index contributed by atoms with van der Waals surface area (Å²) in [6, 6.07) is -1.49. The van der Waals surface area contributed by atoms with Crippen LogP contribution < -0.4 is 11.1 Å². The predicted octanol–water partition coefficient (Wildman–Crippen LogP) is -0.101. The Hall–Kier alpha value is -1.79. The molecule has 1 saturated carbocycles. The molecule has 7 heteroatoms. The summed E-state index contributed by atoms with van der Waals surface area (Å²) in [5, 5.41) is 11.2. The minimum Gasteiger partial charge on any atom is -0.480 e. The lowest BCUT2D eigenvalue weighted by Crippen LogP contribution is -2.50. The summed E-state index contributed by atoms with van der Waals surface area (Å²) in [4.78, 5) is 35.2. The van der Waals surface area contributed by atoms with E-state index in [0.717, 1.165) is 19.3 Å². The number of urea groups is 1. The van der Waals surface area contributed by atoms with Gasteiger partial charge in [0.15, 0.2) is 0 Å². The van der Waals surface area contributed by atoms with Crippen molar-refractivity contribution in [1.82, 2.24) is 10.2 Å². The van der Waals surface area contributed by atoms with Gasteiger partial charge in [-0.1, -0.05) is 6.92 Å². The van der Waals surface area contributed by atoms with Gasteiger partial charge in [-0.2, -0.15) is 0 Å². The third-order valence-electron chi connectivity index (χ3n) is 2.71. The summed E-state index contributed by atoms with van der Waals surface area (Å²) in [5.41, 5.74) is 4.95. The van der Waals surface area contributed by atoms with Crippen molar-refractivity contribution in [2.45, 2.75) is 44.7 Å². The van der Waals surface area contributed by atoms with Crippen LogP contribution in [0.2, 0.25) is 0 Å². The number of nitrogens with zero attached hydrogens (tertiary/aromatic N) is 1. The van der Waals surface area contributed by atoms with Crippen molar-refractivity contribution in [2.24, 2.45) is 5.73 Å². The predicted molar refractivity (Wildman–Crippen MR) is 63.8 cm³/mol. The van der Waals surface area contributed by atoms with Crippen LogP contribution in [-0.2, 0) is 9.59 Å². The highest BCUT2D eigenvalue weighted by Crippen LogP contribution is 2.26. The van der Waals surface area contributed by atoms with E-state index >= 15 is 0 Å². The highest BCUT2D eigenvalue weighted by Gasteiger charge is 2.33. The Kier molecular flexibility index (Phi) is 4.94. The van der Waals surface area contributed by atoms with E-state index in [0.29, 0.717) is 6.54 Å². The monoisotopic (exact) mass is 257 g/mol. The highest BCUT2D eigenvalue weighted by atomic mass is 16.4. The van der Waals surface area contributed by atoms with Crippen LogP contribution in [0.25, 0.3) is 0 Å². The first-order chi connectivity index (χ1) is 8.45. The first-order valence-electron chi connectivity index (χ1n) is 6.04. The van der Waals surface area contributed by atoms with Gasteiger partial charge in [0.1, 0.15) is 6.04 Å². The van der Waals surface area contributed by atoms with Crippen molar-refractivity contribution in [3.8, 4) is 0 Å². The molecule has 3 amide bonds. The maximum atomic E-state index is 11.9. The van der Waals surface area contributed by atoms with Crippen LogP contribution in [0.5, 0.6) is 0 Å². The average Bonchev–Trinajstić information content (AvgIpc) is 3.07. The smallest absolute Gasteiger partial charge is 0.326 e. The van der Waals surface area contributed by atoms with Crippen molar-refractivity contribution in [1.29, 1.82) is 0 Å². The van der Waals surface area contributed by atoms with Crippen LogP contribution in [0.15, 0.2) is 0 Å². The Labute approximate surface area is 105 Å². The normalized spacial score (nSPS) is 15.8. The van der Waals surface area contributed by atoms with E-state index in [4.69, 9.17) is 10.8 Å². The van der Waals surface area contributed by atoms with Crippen molar-refractivity contribution in [3.63, 3.8) is 0 Å². The molecule has 0 aromatic heterocycles. The van der Waals surface area contributed by atoms with Crippen LogP contribution in [0.3, 0.4) is 0 Å². The van der Waals surface area contributed by atoms with Crippen LogP contribution in [0, 0.1) is 0 Å². The van der Waals surface area contributed by atoms with Gasteiger partial charge in [0, 0.05) is 12.6 Å². The molecule has 0 unspecified atom stereocenters. The van der Waals surface area contributed by atoms with E-state index in [-0.39, 0.29) is 6.04 Å². The summed E-state index contributed by atoms with van der Waals surface area (Å²) in [6.45, 7) is 2.53. The molecule has 0 aromatic carbocycles. The quantitative estimate of drug-likeness (QED) is 0.591. The lowest BCUT2D eigenvalue weighted by molar-refractivity contribution is -0.141. The zero-order valence-corrected chi connectivity index (χ0v) is 10.4. The highest BCUT2D eigenvalue weighted by molar-refractivity contribution is 5.87. The molecule has 1 aliphatic carbocycles. The number of carbonyl (C=O) groups is 3. The second-order valence-corrected chi connectivity index (χ2v) is 4.44. The van der Waals surface area contributed by atoms with Gasteiger partial charge in [-0.15, -0.1) is 0 Å². The van der Waals surface area contributed by atoms with Gasteiger partial charge < -0.3 is 21.1 Å². The molecule has 0 radical (unpaired) electrons. The fraction of sp³-hybridized carbons (Fsp3) is 0.727. The topological polar surface area (TPSA) is 113 Å². The molecular formula is C11H19N3O4. The fourth-order valence-corrected chi connectivity index (χ4v) is 1.71. The Morgan fingerprint density at radius 3 is 2.44 bits per heavy atom. The number of hydrogen-bond acceptors (Lipinski definition) is 3. The van der Waals surface area contributed by atoms with E-state index in [1.165, 1.54) is 0 Å². The zero-order valence-electron chi connectivity index (χ0n) is 10.4. The summed E-state index contributed by atoms with van der Waals surface area (Å²) in [5.74, 6) is -2.01. The molecule has 7 nitrogen and oxygen atoms in total. The summed E-state index contributed by atoms with van der Waals surface area (Å²) < 4.78 is 0. The molecule has 1 atom stereocenters. The number of aliphatic carboxylic acids is 1. The van der Waals surface area contributed by atoms with Gasteiger partial charge in [0.25, 0.3) is 0 Å². The number of carbonyl (C=O) groups excluding carboxylic acids is 2. The van der Waals surface area contributed by atoms with Crippen molar-refractivity contribution < 1.29 is 19.5 Å². The van der Waals surface area contributed by atoms with E-state index < -0.39 is 30.4 Å². The second-order valence-electron chi connectivity index (χ2n) is 4.44. The maximum Gasteiger partial charge on any atom is 0.326 e. The van der Waals surface area contributed by atoms with E-state index in [2.05, 4.69) is 5.32 Å². The van der Waals surface area contributed by atoms with Gasteiger partial charge in [0.05, 0.1) is 6.42 Å². The molecule has 0 aliphatic heterocycles. The van der Waals surface area contributed by atoms with Crippen LogP contribution in [0.4, 0.5) is 4.79 Å². The summed E-state index contributed by atoms with van der Waals surface area (Å²) in [6.07, 6.45) is 2.30. The van der Waals surface area contributed by atoms with Crippen molar-refractivity contribution in [3.05, 3.63) is 0 Å². The van der Waals surface area contributed by atoms with E-state index in [1.807, 2.05) is 6.92 Å². The fourth-order valence-electron chi connectivity index (χ4n) is 1.71. The SMILES string of the molecule is CCCN(C(=O)N[C@H](CC(N)=O)C(=O)O)C1CC1. The molecule has 0 heterocycles. The summed E-state index contributed by atoms with van der Waals surface area (Å²) in [7, 11) is 0. The molecule has 0 spiro atoms. The summed E-state index contributed by atoms with van der Waals surface area (Å²) >= 11 is 0. The van der Waals surface area contributed by atoms with E-state index in [9.17, 15) is 14.4 Å². The minimum absolute atomic E-state index is 0.202. The number of nitrogens with one attached hydrogen (secondary N) is 1. The number of primary amides is 1. The molecular weight excluding hydrogens is 238 g/mol. The standard InChI is InChI=1S/C11H19N3O4/c1-2-5-14(7-3-4-7)11(18)13-8(10(16)17)6-9(12)15/h7-8H,2-6H2,1H3,(H2,12,15)(H,13,18)(H,16,17)/t8-/m1/s1. The lowest BCUT2D eigenvalue weighted by atomic mass is 10.2. The largest absolute Gasteiger partial charge is 0.480 e. The van der Waals surface area contributed by atoms with Crippen LogP contribution >= 0.6 is 0 Å². The number of amides is 3. The Morgan fingerprint density at radius 2 is 2.06 bits per heavy atom. The third-order valence-corrected chi connectivity index (χ3v) is 2.71. The number of hydrogen-bond donors (Lipinski definition) is 3. The van der Waals surface area contributed by atoms with Gasteiger partial charge in [-0.3, -0.25) is 4.79 Å². The number of carboxylic acid groups (broad SMARTS) is 1. The zero-order chi connectivity index (χ0) is 13.7. The number of carboxylic acids is 1. The van der Waals surface area contributed by atoms with Gasteiger partial charge in [-0.05, 0) is 19.3 Å². The third kappa shape index (κ3) is 4.23. The van der Waals surface area contributed by atoms with Gasteiger partial charge in [0.2, 0.25) is 5.91 Å². The number of rotatable bonds is 7. The van der Waals surface area contributed by atoms with E-state index in [1.54, 1.807) is 4.90 Å². The minimum atomic E-state index is -1.26. The van der Waals surface area contributed by atoms with Crippen LogP contribution in [-0.4, -0.2) is 46.5 Å². The first-order valence-corrected chi connectivity index (χ1v) is 6.04. The molecule has 0 saturated heterocycles. The molecule has 1 rings (SSSR count). The molecule has 0 aromatic rings. The molecule has 1 fully saturated rings. The lowest BCUT2D eigenvalue weighted by Gasteiger charge is -2.24. The Balaban J connectivity index is 2.58. The van der Waals surface area contributed by atoms with Crippen molar-refractivity contribution >= 4 is 17.9 Å². The van der Waals surface area contributed by atoms with Crippen molar-refractivity contribution in [2.75, 3.05) is 6.54 Å². The first kappa shape index (κ1) is 14.3. The molecule has 1 aliphatic rings. The maximum absolute atomic E-state index is 11.9. The average molecular weight is 257 g/mol. The molecule has 18 heavy (non-hydrogen) atoms. The van der Waals surface area contributed by atoms with Crippen LogP contribution in [0.1, 0.15) is 32.6 Å². The molecule has 102 valence electrons. The Bertz CT molecular complexity index is 341. The van der Waals surface area contributed by atoms with Gasteiger partial charge >= 0.3 is 12.0 Å². The Morgan fingerprint density at radius 1 is 1.44 bits per heavy atom. The molecule has 4 N–H and O–H groups in total. The van der Waals surface area contributed by atoms with Gasteiger partial charge in [-0.25, -0.2) is 9.59 Å². The molecule has 0 bridgehead atoms.